The second-order valence-corrected chi connectivity index (χ2v) is 4.78. The van der Waals surface area contributed by atoms with Crippen LogP contribution in [0.25, 0.3) is 0 Å². The van der Waals surface area contributed by atoms with E-state index in [1.807, 2.05) is 0 Å². The number of aromatic amines is 1. The van der Waals surface area contributed by atoms with Gasteiger partial charge in [-0.1, -0.05) is 0 Å². The van der Waals surface area contributed by atoms with Gasteiger partial charge in [-0.3, -0.25) is 9.89 Å². The molecule has 0 aliphatic carbocycles. The van der Waals surface area contributed by atoms with E-state index in [4.69, 9.17) is 0 Å². The molecule has 0 aromatic carbocycles. The molecule has 0 aliphatic heterocycles. The van der Waals surface area contributed by atoms with Gasteiger partial charge < -0.3 is 4.74 Å². The van der Waals surface area contributed by atoms with Crippen molar-refractivity contribution in [1.29, 1.82) is 0 Å². The Kier molecular flexibility index (Phi) is 4.44. The zero-order valence-electron chi connectivity index (χ0n) is 8.76. The molecule has 7 nitrogen and oxygen atoms in total. The highest BCUT2D eigenvalue weighted by molar-refractivity contribution is 7.89. The van der Waals surface area contributed by atoms with Crippen LogP contribution in [0.15, 0.2) is 17.3 Å². The number of rotatable bonds is 6. The first-order chi connectivity index (χ1) is 7.56. The Morgan fingerprint density at radius 1 is 1.62 bits per heavy atom. The fourth-order valence-corrected chi connectivity index (χ4v) is 1.99. The lowest BCUT2D eigenvalue weighted by molar-refractivity contribution is -0.140. The molecule has 0 radical (unpaired) electrons. The van der Waals surface area contributed by atoms with Crippen LogP contribution in [-0.4, -0.2) is 38.2 Å². The highest BCUT2D eigenvalue weighted by Gasteiger charge is 2.14. The second kappa shape index (κ2) is 5.61. The molecule has 16 heavy (non-hydrogen) atoms. The molecule has 1 rings (SSSR count). The second-order valence-electron chi connectivity index (χ2n) is 3.01. The zero-order chi connectivity index (χ0) is 12.0. The van der Waals surface area contributed by atoms with Crippen LogP contribution in [0.4, 0.5) is 0 Å². The van der Waals surface area contributed by atoms with Crippen molar-refractivity contribution in [2.24, 2.45) is 0 Å². The maximum absolute atomic E-state index is 11.5. The number of ether oxygens (including phenoxy) is 1. The summed E-state index contributed by atoms with van der Waals surface area (Å²) in [5, 5.41) is 5.95. The molecule has 1 aromatic rings. The Bertz CT molecular complexity index is 426. The summed E-state index contributed by atoms with van der Waals surface area (Å²) < 4.78 is 29.8. The number of hydrogen-bond donors (Lipinski definition) is 2. The van der Waals surface area contributed by atoms with Gasteiger partial charge in [0, 0.05) is 19.2 Å². The molecule has 0 fully saturated rings. The van der Waals surface area contributed by atoms with Gasteiger partial charge in [0.2, 0.25) is 10.0 Å². The van der Waals surface area contributed by atoms with Crippen LogP contribution in [0.3, 0.4) is 0 Å². The SMILES string of the molecule is COC(=O)CCCNS(=O)(=O)c1cn[nH]c1. The summed E-state index contributed by atoms with van der Waals surface area (Å²) in [5.41, 5.74) is 0. The molecule has 0 bridgehead atoms. The largest absolute Gasteiger partial charge is 0.469 e. The minimum Gasteiger partial charge on any atom is -0.469 e. The van der Waals surface area contributed by atoms with Crippen molar-refractivity contribution in [3.8, 4) is 0 Å². The Balaban J connectivity index is 2.36. The predicted octanol–water partition coefficient (Wildman–Crippen LogP) is -0.359. The molecule has 0 saturated heterocycles. The summed E-state index contributed by atoms with van der Waals surface area (Å²) in [6, 6.07) is 0. The van der Waals surface area contributed by atoms with Crippen LogP contribution in [0.1, 0.15) is 12.8 Å². The van der Waals surface area contributed by atoms with Crippen molar-refractivity contribution < 1.29 is 17.9 Å². The molecule has 1 aromatic heterocycles. The topological polar surface area (TPSA) is 101 Å². The molecule has 0 spiro atoms. The third kappa shape index (κ3) is 3.63. The van der Waals surface area contributed by atoms with Gasteiger partial charge in [-0.15, -0.1) is 0 Å². The molecule has 8 heteroatoms. The van der Waals surface area contributed by atoms with Crippen molar-refractivity contribution >= 4 is 16.0 Å². The van der Waals surface area contributed by atoms with Gasteiger partial charge in [0.05, 0.1) is 13.3 Å². The summed E-state index contributed by atoms with van der Waals surface area (Å²) in [7, 11) is -2.23. The maximum atomic E-state index is 11.5. The molecule has 0 saturated carbocycles. The van der Waals surface area contributed by atoms with E-state index in [1.54, 1.807) is 0 Å². The number of H-pyrrole nitrogens is 1. The molecule has 2 N–H and O–H groups in total. The van der Waals surface area contributed by atoms with Crippen LogP contribution < -0.4 is 4.72 Å². The fraction of sp³-hybridized carbons (Fsp3) is 0.500. The van der Waals surface area contributed by atoms with Gasteiger partial charge in [-0.2, -0.15) is 5.10 Å². The maximum Gasteiger partial charge on any atom is 0.305 e. The van der Waals surface area contributed by atoms with E-state index in [0.717, 1.165) is 0 Å². The number of nitrogens with one attached hydrogen (secondary N) is 2. The van der Waals surface area contributed by atoms with Crippen molar-refractivity contribution in [3.05, 3.63) is 12.4 Å². The van der Waals surface area contributed by atoms with E-state index in [9.17, 15) is 13.2 Å². The van der Waals surface area contributed by atoms with Crippen LogP contribution in [0.2, 0.25) is 0 Å². The first kappa shape index (κ1) is 12.7. The summed E-state index contributed by atoms with van der Waals surface area (Å²) >= 11 is 0. The lowest BCUT2D eigenvalue weighted by Crippen LogP contribution is -2.25. The Hall–Kier alpha value is -1.41. The molecule has 90 valence electrons. The van der Waals surface area contributed by atoms with Gasteiger partial charge in [0.15, 0.2) is 0 Å². The van der Waals surface area contributed by atoms with Crippen molar-refractivity contribution in [1.82, 2.24) is 14.9 Å². The monoisotopic (exact) mass is 247 g/mol. The lowest BCUT2D eigenvalue weighted by Gasteiger charge is -2.03. The molecular weight excluding hydrogens is 234 g/mol. The van der Waals surface area contributed by atoms with Crippen LogP contribution in [0.5, 0.6) is 0 Å². The molecule has 0 amide bonds. The van der Waals surface area contributed by atoms with Crippen molar-refractivity contribution in [3.63, 3.8) is 0 Å². The molecule has 1 heterocycles. The zero-order valence-corrected chi connectivity index (χ0v) is 9.58. The van der Waals surface area contributed by atoms with E-state index >= 15 is 0 Å². The van der Waals surface area contributed by atoms with Gasteiger partial charge >= 0.3 is 5.97 Å². The van der Waals surface area contributed by atoms with E-state index in [2.05, 4.69) is 19.7 Å². The van der Waals surface area contributed by atoms with Gasteiger partial charge in [-0.05, 0) is 6.42 Å². The van der Waals surface area contributed by atoms with Gasteiger partial charge in [0.1, 0.15) is 4.90 Å². The number of methoxy groups -OCH3 is 1. The van der Waals surface area contributed by atoms with E-state index < -0.39 is 10.0 Å². The number of nitrogens with zero attached hydrogens (tertiary/aromatic N) is 1. The third-order valence-corrected chi connectivity index (χ3v) is 3.29. The lowest BCUT2D eigenvalue weighted by atomic mass is 10.3. The first-order valence-electron chi connectivity index (χ1n) is 4.61. The van der Waals surface area contributed by atoms with Crippen molar-refractivity contribution in [2.75, 3.05) is 13.7 Å². The Labute approximate surface area is 93.2 Å². The minimum atomic E-state index is -3.52. The average molecular weight is 247 g/mol. The third-order valence-electron chi connectivity index (χ3n) is 1.86. The number of carbonyl (C=O) groups is 1. The van der Waals surface area contributed by atoms with Crippen LogP contribution in [0, 0.1) is 0 Å². The predicted molar refractivity (Wildman–Crippen MR) is 55.0 cm³/mol. The Morgan fingerprint density at radius 3 is 2.94 bits per heavy atom. The number of carbonyl (C=O) groups excluding carboxylic acids is 1. The highest BCUT2D eigenvalue weighted by Crippen LogP contribution is 2.04. The average Bonchev–Trinajstić information content (AvgIpc) is 2.78. The van der Waals surface area contributed by atoms with Gasteiger partial charge in [0.25, 0.3) is 0 Å². The van der Waals surface area contributed by atoms with Crippen LogP contribution in [-0.2, 0) is 19.6 Å². The summed E-state index contributed by atoms with van der Waals surface area (Å²) in [6.07, 6.45) is 3.07. The fourth-order valence-electron chi connectivity index (χ4n) is 1.01. The molecule has 0 atom stereocenters. The van der Waals surface area contributed by atoms with E-state index in [0.29, 0.717) is 6.42 Å². The van der Waals surface area contributed by atoms with E-state index in [-0.39, 0.29) is 23.8 Å². The summed E-state index contributed by atoms with van der Waals surface area (Å²) in [5.74, 6) is -0.359. The van der Waals surface area contributed by atoms with Crippen molar-refractivity contribution in [2.45, 2.75) is 17.7 Å². The highest BCUT2D eigenvalue weighted by atomic mass is 32.2. The molecule has 0 aliphatic rings. The molecular formula is C8H13N3O4S. The van der Waals surface area contributed by atoms with Crippen LogP contribution >= 0.6 is 0 Å². The number of hydrogen-bond acceptors (Lipinski definition) is 5. The number of sulfonamides is 1. The summed E-state index contributed by atoms with van der Waals surface area (Å²) in [4.78, 5) is 10.8. The number of aromatic nitrogens is 2. The standard InChI is InChI=1S/C8H13N3O4S/c1-15-8(12)3-2-4-11-16(13,14)7-5-9-10-6-7/h5-6,11H,2-4H2,1H3,(H,9,10). The first-order valence-corrected chi connectivity index (χ1v) is 6.10. The summed E-state index contributed by atoms with van der Waals surface area (Å²) in [6.45, 7) is 0.183. The normalized spacial score (nSPS) is 11.3. The minimum absolute atomic E-state index is 0.0746. The van der Waals surface area contributed by atoms with Gasteiger partial charge in [-0.25, -0.2) is 13.1 Å². The smallest absolute Gasteiger partial charge is 0.305 e. The molecule has 0 unspecified atom stereocenters. The van der Waals surface area contributed by atoms with E-state index in [1.165, 1.54) is 19.5 Å². The quantitative estimate of drug-likeness (QED) is 0.528. The Morgan fingerprint density at radius 2 is 2.38 bits per heavy atom. The number of esters is 1.